The van der Waals surface area contributed by atoms with Crippen molar-refractivity contribution in [3.05, 3.63) is 53.9 Å². The highest BCUT2D eigenvalue weighted by molar-refractivity contribution is 5.95. The van der Waals surface area contributed by atoms with Crippen LogP contribution in [0.1, 0.15) is 35.7 Å². The lowest BCUT2D eigenvalue weighted by Gasteiger charge is -2.39. The van der Waals surface area contributed by atoms with Gasteiger partial charge in [-0.1, -0.05) is 18.2 Å². The SMILES string of the molecule is Cn1cc(CNC(=O)[C@@]2(C)CCCN(C(=O)c3ccccc3)C2)cn1. The topological polar surface area (TPSA) is 67.2 Å². The number of carbonyl (C=O) groups excluding carboxylic acids is 2. The molecule has 1 aliphatic rings. The molecule has 2 amide bonds. The first kappa shape index (κ1) is 17.2. The largest absolute Gasteiger partial charge is 0.351 e. The van der Waals surface area contributed by atoms with E-state index in [1.165, 1.54) is 0 Å². The van der Waals surface area contributed by atoms with E-state index < -0.39 is 5.41 Å². The number of nitrogens with zero attached hydrogens (tertiary/aromatic N) is 3. The number of aromatic nitrogens is 2. The lowest BCUT2D eigenvalue weighted by Crippen LogP contribution is -2.51. The molecule has 6 nitrogen and oxygen atoms in total. The van der Waals surface area contributed by atoms with Crippen LogP contribution in [-0.2, 0) is 18.4 Å². The van der Waals surface area contributed by atoms with Crippen LogP contribution in [0.2, 0.25) is 0 Å². The Morgan fingerprint density at radius 2 is 2.04 bits per heavy atom. The van der Waals surface area contributed by atoms with Gasteiger partial charge >= 0.3 is 0 Å². The van der Waals surface area contributed by atoms with E-state index in [0.29, 0.717) is 25.2 Å². The second-order valence-electron chi connectivity index (χ2n) is 6.96. The minimum Gasteiger partial charge on any atom is -0.351 e. The number of amides is 2. The molecule has 1 fully saturated rings. The maximum Gasteiger partial charge on any atom is 0.253 e. The summed E-state index contributed by atoms with van der Waals surface area (Å²) in [6.07, 6.45) is 5.24. The lowest BCUT2D eigenvalue weighted by atomic mass is 9.80. The molecule has 0 spiro atoms. The molecule has 1 atom stereocenters. The first-order chi connectivity index (χ1) is 12.0. The van der Waals surface area contributed by atoms with Crippen LogP contribution in [0.15, 0.2) is 42.7 Å². The molecule has 132 valence electrons. The predicted molar refractivity (Wildman–Crippen MR) is 94.7 cm³/mol. The summed E-state index contributed by atoms with van der Waals surface area (Å²) in [4.78, 5) is 27.2. The first-order valence-corrected chi connectivity index (χ1v) is 8.58. The van der Waals surface area contributed by atoms with Crippen LogP contribution in [0, 0.1) is 5.41 Å². The van der Waals surface area contributed by atoms with E-state index >= 15 is 0 Å². The summed E-state index contributed by atoms with van der Waals surface area (Å²) in [5.41, 5.74) is 1.07. The molecule has 2 heterocycles. The van der Waals surface area contributed by atoms with Gasteiger partial charge in [-0.2, -0.15) is 5.10 Å². The fourth-order valence-corrected chi connectivity index (χ4v) is 3.32. The van der Waals surface area contributed by atoms with Gasteiger partial charge in [-0.15, -0.1) is 0 Å². The zero-order valence-electron chi connectivity index (χ0n) is 14.7. The second kappa shape index (κ2) is 7.09. The van der Waals surface area contributed by atoms with Gasteiger partial charge in [0.25, 0.3) is 5.91 Å². The number of hydrogen-bond donors (Lipinski definition) is 1. The fraction of sp³-hybridized carbons (Fsp3) is 0.421. The van der Waals surface area contributed by atoms with Gasteiger partial charge in [0.15, 0.2) is 0 Å². The van der Waals surface area contributed by atoms with E-state index in [0.717, 1.165) is 18.4 Å². The van der Waals surface area contributed by atoms with Crippen LogP contribution in [0.3, 0.4) is 0 Å². The molecule has 1 aromatic carbocycles. The molecule has 1 aromatic heterocycles. The van der Waals surface area contributed by atoms with Gasteiger partial charge in [-0.05, 0) is 31.9 Å². The normalized spacial score (nSPS) is 20.3. The molecular formula is C19H24N4O2. The highest BCUT2D eigenvalue weighted by Crippen LogP contribution is 2.30. The Morgan fingerprint density at radius 3 is 2.72 bits per heavy atom. The number of piperidine rings is 1. The van der Waals surface area contributed by atoms with Crippen molar-refractivity contribution in [3.63, 3.8) is 0 Å². The summed E-state index contributed by atoms with van der Waals surface area (Å²) in [5, 5.41) is 7.10. The van der Waals surface area contributed by atoms with E-state index in [2.05, 4.69) is 10.4 Å². The Hall–Kier alpha value is -2.63. The number of nitrogens with one attached hydrogen (secondary N) is 1. The van der Waals surface area contributed by atoms with Gasteiger partial charge in [0.1, 0.15) is 0 Å². The van der Waals surface area contributed by atoms with Crippen LogP contribution in [-0.4, -0.2) is 39.6 Å². The van der Waals surface area contributed by atoms with Gasteiger partial charge in [-0.25, -0.2) is 0 Å². The maximum atomic E-state index is 12.7. The van der Waals surface area contributed by atoms with Crippen molar-refractivity contribution in [2.24, 2.45) is 12.5 Å². The zero-order valence-corrected chi connectivity index (χ0v) is 14.7. The Bertz CT molecular complexity index is 756. The Kier molecular flexibility index (Phi) is 4.88. The Balaban J connectivity index is 1.64. The second-order valence-corrected chi connectivity index (χ2v) is 6.96. The lowest BCUT2D eigenvalue weighted by molar-refractivity contribution is -0.132. The monoisotopic (exact) mass is 340 g/mol. The third-order valence-electron chi connectivity index (χ3n) is 4.76. The van der Waals surface area contributed by atoms with Crippen molar-refractivity contribution in [3.8, 4) is 0 Å². The van der Waals surface area contributed by atoms with Crippen molar-refractivity contribution in [1.29, 1.82) is 0 Å². The number of rotatable bonds is 4. The number of carbonyl (C=O) groups is 2. The quantitative estimate of drug-likeness (QED) is 0.925. The third-order valence-corrected chi connectivity index (χ3v) is 4.76. The number of benzene rings is 1. The van der Waals surface area contributed by atoms with Crippen molar-refractivity contribution in [2.75, 3.05) is 13.1 Å². The van der Waals surface area contributed by atoms with E-state index in [-0.39, 0.29) is 11.8 Å². The molecule has 2 aromatic rings. The molecule has 0 saturated carbocycles. The van der Waals surface area contributed by atoms with E-state index in [1.54, 1.807) is 15.8 Å². The van der Waals surface area contributed by atoms with Gasteiger partial charge in [0.2, 0.25) is 5.91 Å². The number of aryl methyl sites for hydroxylation is 1. The minimum atomic E-state index is -0.565. The maximum absolute atomic E-state index is 12.7. The van der Waals surface area contributed by atoms with E-state index in [9.17, 15) is 9.59 Å². The van der Waals surface area contributed by atoms with Crippen LogP contribution in [0.25, 0.3) is 0 Å². The third kappa shape index (κ3) is 3.90. The molecule has 0 radical (unpaired) electrons. The van der Waals surface area contributed by atoms with Crippen LogP contribution in [0.4, 0.5) is 0 Å². The highest BCUT2D eigenvalue weighted by Gasteiger charge is 2.39. The summed E-state index contributed by atoms with van der Waals surface area (Å²) >= 11 is 0. The number of hydrogen-bond acceptors (Lipinski definition) is 3. The Labute approximate surface area is 147 Å². The van der Waals surface area contributed by atoms with Crippen molar-refractivity contribution in [2.45, 2.75) is 26.3 Å². The van der Waals surface area contributed by atoms with Crippen molar-refractivity contribution >= 4 is 11.8 Å². The molecule has 1 aliphatic heterocycles. The Morgan fingerprint density at radius 1 is 1.28 bits per heavy atom. The average Bonchev–Trinajstić information content (AvgIpc) is 3.05. The average molecular weight is 340 g/mol. The number of likely N-dealkylation sites (tertiary alicyclic amines) is 1. The molecule has 1 saturated heterocycles. The first-order valence-electron chi connectivity index (χ1n) is 8.58. The highest BCUT2D eigenvalue weighted by atomic mass is 16.2. The van der Waals surface area contributed by atoms with Gasteiger partial charge < -0.3 is 10.2 Å². The predicted octanol–water partition coefficient (Wildman–Crippen LogP) is 1.98. The smallest absolute Gasteiger partial charge is 0.253 e. The van der Waals surface area contributed by atoms with Crippen LogP contribution in [0.5, 0.6) is 0 Å². The van der Waals surface area contributed by atoms with Gasteiger partial charge in [-0.3, -0.25) is 14.3 Å². The summed E-state index contributed by atoms with van der Waals surface area (Å²) < 4.78 is 1.71. The summed E-state index contributed by atoms with van der Waals surface area (Å²) in [6, 6.07) is 9.24. The molecule has 3 rings (SSSR count). The van der Waals surface area contributed by atoms with E-state index in [4.69, 9.17) is 0 Å². The fourth-order valence-electron chi connectivity index (χ4n) is 3.32. The van der Waals surface area contributed by atoms with E-state index in [1.807, 2.05) is 50.5 Å². The van der Waals surface area contributed by atoms with Crippen LogP contribution >= 0.6 is 0 Å². The minimum absolute atomic E-state index is 0.00779. The molecule has 0 aliphatic carbocycles. The van der Waals surface area contributed by atoms with Gasteiger partial charge in [0, 0.05) is 44.0 Å². The summed E-state index contributed by atoms with van der Waals surface area (Å²) in [7, 11) is 1.85. The van der Waals surface area contributed by atoms with Crippen molar-refractivity contribution in [1.82, 2.24) is 20.0 Å². The zero-order chi connectivity index (χ0) is 17.9. The molecule has 0 unspecified atom stereocenters. The standard InChI is InChI=1S/C19H24N4O2/c1-19(18(25)20-11-15-12-21-22(2)13-15)9-6-10-23(14-19)17(24)16-7-4-3-5-8-16/h3-5,7-8,12-13H,6,9-11,14H2,1-2H3,(H,20,25)/t19-/m0/s1. The van der Waals surface area contributed by atoms with Crippen molar-refractivity contribution < 1.29 is 9.59 Å². The molecular weight excluding hydrogens is 316 g/mol. The molecule has 1 N–H and O–H groups in total. The summed E-state index contributed by atoms with van der Waals surface area (Å²) in [6.45, 7) is 3.53. The van der Waals surface area contributed by atoms with Gasteiger partial charge in [0.05, 0.1) is 11.6 Å². The van der Waals surface area contributed by atoms with Crippen LogP contribution < -0.4 is 5.32 Å². The molecule has 25 heavy (non-hydrogen) atoms. The molecule has 0 bridgehead atoms. The molecule has 6 heteroatoms. The summed E-state index contributed by atoms with van der Waals surface area (Å²) in [5.74, 6) is -0.0199.